The number of ether oxygens (including phenoxy) is 1. The van der Waals surface area contributed by atoms with Crippen molar-refractivity contribution in [3.8, 4) is 11.3 Å². The Balaban J connectivity index is 1.98. The molecule has 1 unspecified atom stereocenters. The van der Waals surface area contributed by atoms with E-state index >= 15 is 0 Å². The van der Waals surface area contributed by atoms with Gasteiger partial charge >= 0.3 is 0 Å². The molecule has 0 aliphatic heterocycles. The molecule has 4 N–H and O–H groups in total. The molecule has 3 aromatic rings. The number of pyridine rings is 1. The molecule has 0 saturated carbocycles. The second-order valence-corrected chi connectivity index (χ2v) is 7.29. The van der Waals surface area contributed by atoms with E-state index in [9.17, 15) is 5.11 Å². The lowest BCUT2D eigenvalue weighted by molar-refractivity contribution is 0.181. The first-order chi connectivity index (χ1) is 14.0. The number of anilines is 2. The van der Waals surface area contributed by atoms with Gasteiger partial charge in [-0.15, -0.1) is 0 Å². The number of aliphatic hydroxyl groups is 1. The predicted molar refractivity (Wildman–Crippen MR) is 114 cm³/mol. The first-order valence-corrected chi connectivity index (χ1v) is 9.91. The maximum absolute atomic E-state index is 9.39. The van der Waals surface area contributed by atoms with E-state index < -0.39 is 0 Å². The van der Waals surface area contributed by atoms with Crippen molar-refractivity contribution in [1.29, 1.82) is 0 Å². The molecule has 9 heteroatoms. The summed E-state index contributed by atoms with van der Waals surface area (Å²) in [4.78, 5) is 12.9. The highest BCUT2D eigenvalue weighted by molar-refractivity contribution is 6.32. The number of nitrogen functional groups attached to an aromatic ring is 1. The van der Waals surface area contributed by atoms with Crippen molar-refractivity contribution in [2.75, 3.05) is 31.3 Å². The van der Waals surface area contributed by atoms with Gasteiger partial charge in [0.25, 0.3) is 0 Å². The quantitative estimate of drug-likeness (QED) is 0.448. The van der Waals surface area contributed by atoms with Crippen molar-refractivity contribution in [3.63, 3.8) is 0 Å². The monoisotopic (exact) mass is 419 g/mol. The minimum absolute atomic E-state index is 0.0757. The number of methoxy groups -OCH3 is 1. The van der Waals surface area contributed by atoms with Crippen LogP contribution >= 0.6 is 11.6 Å². The zero-order chi connectivity index (χ0) is 21.0. The number of nitrogens with one attached hydrogen (secondary N) is 1. The first-order valence-electron chi connectivity index (χ1n) is 9.53. The molecule has 0 aliphatic rings. The zero-order valence-corrected chi connectivity index (χ0v) is 17.6. The van der Waals surface area contributed by atoms with Gasteiger partial charge in [0.05, 0.1) is 23.6 Å². The van der Waals surface area contributed by atoms with Crippen molar-refractivity contribution in [2.24, 2.45) is 5.92 Å². The Bertz CT molecular complexity index is 988. The van der Waals surface area contributed by atoms with Crippen LogP contribution in [0.1, 0.15) is 31.2 Å². The molecule has 29 heavy (non-hydrogen) atoms. The number of nitrogens with two attached hydrogens (primary N) is 1. The summed E-state index contributed by atoms with van der Waals surface area (Å²) in [6.45, 7) is 5.11. The molecule has 8 nitrogen and oxygen atoms in total. The molecule has 3 heterocycles. The lowest BCUT2D eigenvalue weighted by Gasteiger charge is -2.14. The summed E-state index contributed by atoms with van der Waals surface area (Å²) in [5.74, 6) is 1.32. The van der Waals surface area contributed by atoms with Crippen molar-refractivity contribution < 1.29 is 14.3 Å². The van der Waals surface area contributed by atoms with Gasteiger partial charge in [0.1, 0.15) is 16.7 Å². The van der Waals surface area contributed by atoms with Gasteiger partial charge in [-0.25, -0.2) is 4.98 Å². The summed E-state index contributed by atoms with van der Waals surface area (Å²) in [6, 6.07) is 3.81. The molecule has 0 spiro atoms. The van der Waals surface area contributed by atoms with Crippen LogP contribution in [0.25, 0.3) is 22.3 Å². The molecule has 0 amide bonds. The van der Waals surface area contributed by atoms with Gasteiger partial charge < -0.3 is 25.3 Å². The molecule has 0 fully saturated rings. The van der Waals surface area contributed by atoms with Crippen molar-refractivity contribution >= 4 is 34.3 Å². The molecule has 0 bridgehead atoms. The van der Waals surface area contributed by atoms with Crippen molar-refractivity contribution in [1.82, 2.24) is 15.0 Å². The third-order valence-corrected chi connectivity index (χ3v) is 5.10. The van der Waals surface area contributed by atoms with Gasteiger partial charge in [0.2, 0.25) is 5.95 Å². The van der Waals surface area contributed by atoms with Gasteiger partial charge in [-0.05, 0) is 31.4 Å². The molecular formula is C20H26ClN5O3. The van der Waals surface area contributed by atoms with Crippen LogP contribution < -0.4 is 11.1 Å². The minimum Gasteiger partial charge on any atom is -0.454 e. The van der Waals surface area contributed by atoms with Crippen LogP contribution in [-0.4, -0.2) is 40.3 Å². The van der Waals surface area contributed by atoms with Crippen molar-refractivity contribution in [3.05, 3.63) is 28.7 Å². The van der Waals surface area contributed by atoms with E-state index in [0.29, 0.717) is 35.9 Å². The highest BCUT2D eigenvalue weighted by Gasteiger charge is 2.20. The number of fused-ring (bicyclic) bond motifs is 1. The van der Waals surface area contributed by atoms with Crippen LogP contribution in [0, 0.1) is 12.8 Å². The van der Waals surface area contributed by atoms with Gasteiger partial charge in [-0.2, -0.15) is 4.98 Å². The smallest absolute Gasteiger partial charge is 0.223 e. The highest BCUT2D eigenvalue weighted by Crippen LogP contribution is 2.37. The second-order valence-electron chi connectivity index (χ2n) is 6.93. The summed E-state index contributed by atoms with van der Waals surface area (Å²) < 4.78 is 11.2. The van der Waals surface area contributed by atoms with Crippen LogP contribution in [0.4, 0.5) is 11.8 Å². The summed E-state index contributed by atoms with van der Waals surface area (Å²) in [6.07, 6.45) is 1.69. The summed E-state index contributed by atoms with van der Waals surface area (Å²) in [7, 11) is 1.63. The lowest BCUT2D eigenvalue weighted by Crippen LogP contribution is -2.13. The Labute approximate surface area is 174 Å². The number of rotatable bonds is 9. The fraction of sp³-hybridized carbons (Fsp3) is 0.450. The van der Waals surface area contributed by atoms with Crippen LogP contribution in [0.15, 0.2) is 16.5 Å². The Morgan fingerprint density at radius 2 is 2.10 bits per heavy atom. The Morgan fingerprint density at radius 1 is 1.31 bits per heavy atom. The number of hydrogen-bond donors (Lipinski definition) is 3. The Hall–Kier alpha value is -2.42. The van der Waals surface area contributed by atoms with Gasteiger partial charge in [-0.1, -0.05) is 24.9 Å². The lowest BCUT2D eigenvalue weighted by atomic mass is 10.0. The number of furan rings is 1. The SMILES string of the molecule is CCC(CO)CCNc1nc(N)nc(Cl)c1-c1cc2cc(COC)nc(C)c2o1. The topological polar surface area (TPSA) is 119 Å². The number of aliphatic hydroxyl groups excluding tert-OH is 1. The molecule has 3 aromatic heterocycles. The molecule has 3 rings (SSSR count). The molecule has 156 valence electrons. The maximum atomic E-state index is 9.39. The normalized spacial score (nSPS) is 12.4. The van der Waals surface area contributed by atoms with E-state index in [2.05, 4.69) is 27.2 Å². The van der Waals surface area contributed by atoms with Gasteiger partial charge in [-0.3, -0.25) is 4.98 Å². The first kappa shape index (κ1) is 21.3. The van der Waals surface area contributed by atoms with E-state index in [0.717, 1.165) is 29.6 Å². The third kappa shape index (κ3) is 4.77. The number of halogens is 1. The molecule has 0 aromatic carbocycles. The number of aryl methyl sites for hydroxylation is 1. The summed E-state index contributed by atoms with van der Waals surface area (Å²) >= 11 is 6.41. The Morgan fingerprint density at radius 3 is 2.79 bits per heavy atom. The maximum Gasteiger partial charge on any atom is 0.223 e. The van der Waals surface area contributed by atoms with Gasteiger partial charge in [0, 0.05) is 25.6 Å². The number of aromatic nitrogens is 3. The fourth-order valence-corrected chi connectivity index (χ4v) is 3.50. The second kappa shape index (κ2) is 9.39. The summed E-state index contributed by atoms with van der Waals surface area (Å²) in [5.41, 5.74) is 8.59. The predicted octanol–water partition coefficient (Wildman–Crippen LogP) is 3.80. The van der Waals surface area contributed by atoms with E-state index in [1.165, 1.54) is 0 Å². The third-order valence-electron chi connectivity index (χ3n) is 4.82. The van der Waals surface area contributed by atoms with E-state index in [-0.39, 0.29) is 23.6 Å². The molecule has 0 saturated heterocycles. The van der Waals surface area contributed by atoms with E-state index in [4.69, 9.17) is 26.5 Å². The number of hydrogen-bond acceptors (Lipinski definition) is 8. The van der Waals surface area contributed by atoms with Crippen molar-refractivity contribution in [2.45, 2.75) is 33.3 Å². The average Bonchev–Trinajstić information content (AvgIpc) is 3.09. The fourth-order valence-electron chi connectivity index (χ4n) is 3.23. The molecule has 0 aliphatic carbocycles. The highest BCUT2D eigenvalue weighted by atomic mass is 35.5. The van der Waals surface area contributed by atoms with Crippen LogP contribution in [0.5, 0.6) is 0 Å². The van der Waals surface area contributed by atoms with Crippen LogP contribution in [-0.2, 0) is 11.3 Å². The molecular weight excluding hydrogens is 394 g/mol. The number of nitrogens with zero attached hydrogens (tertiary/aromatic N) is 3. The van der Waals surface area contributed by atoms with Gasteiger partial charge in [0.15, 0.2) is 5.58 Å². The van der Waals surface area contributed by atoms with Crippen LogP contribution in [0.3, 0.4) is 0 Å². The van der Waals surface area contributed by atoms with Crippen LogP contribution in [0.2, 0.25) is 5.15 Å². The Kier molecular flexibility index (Phi) is 6.89. The molecule has 1 atom stereocenters. The minimum atomic E-state index is 0.0757. The summed E-state index contributed by atoms with van der Waals surface area (Å²) in [5, 5.41) is 13.7. The average molecular weight is 420 g/mol. The molecule has 0 radical (unpaired) electrons. The van der Waals surface area contributed by atoms with E-state index in [1.54, 1.807) is 7.11 Å². The largest absolute Gasteiger partial charge is 0.454 e. The van der Waals surface area contributed by atoms with E-state index in [1.807, 2.05) is 19.1 Å². The zero-order valence-electron chi connectivity index (χ0n) is 16.8. The standard InChI is InChI=1S/C20H26ClN5O3/c1-4-12(9-27)5-6-23-19-16(18(21)25-20(22)26-19)15-8-13-7-14(10-28-3)24-11(2)17(13)29-15/h7-8,12,27H,4-6,9-10H2,1-3H3,(H3,22,23,25,26).